The van der Waals surface area contributed by atoms with Crippen LogP contribution in [0.1, 0.15) is 0 Å². The Balaban J connectivity index is 2.18. The van der Waals surface area contributed by atoms with Crippen LogP contribution in [0.25, 0.3) is 11.1 Å². The van der Waals surface area contributed by atoms with Gasteiger partial charge < -0.3 is 5.11 Å². The molecule has 0 aliphatic rings. The number of rotatable bonds is 3. The Hall–Kier alpha value is -1.82. The number of hydrogen-bond acceptors (Lipinski definition) is 4. The maximum absolute atomic E-state index is 12.8. The molecule has 0 unspecified atom stereocenters. The molecular weight excluding hydrogens is 340 g/mol. The van der Waals surface area contributed by atoms with E-state index in [1.807, 2.05) is 0 Å². The summed E-state index contributed by atoms with van der Waals surface area (Å²) in [5.74, 6) is 0.133. The van der Waals surface area contributed by atoms with Gasteiger partial charge in [0.25, 0.3) is 0 Å². The maximum Gasteiger partial charge on any atom is 0.216 e. The normalized spacial score (nSPS) is 11.5. The number of benzene rings is 2. The fourth-order valence-corrected chi connectivity index (χ4v) is 5.22. The molecule has 112 valence electrons. The molecule has 0 radical (unpaired) electrons. The summed E-state index contributed by atoms with van der Waals surface area (Å²) in [6, 6.07) is 16.3. The summed E-state index contributed by atoms with van der Waals surface area (Å²) in [6.07, 6.45) is 0. The van der Waals surface area contributed by atoms with Crippen molar-refractivity contribution >= 4 is 32.8 Å². The van der Waals surface area contributed by atoms with Crippen molar-refractivity contribution in [2.24, 2.45) is 0 Å². The van der Waals surface area contributed by atoms with E-state index in [9.17, 15) is 13.5 Å². The summed E-state index contributed by atoms with van der Waals surface area (Å²) in [7, 11) is -3.64. The Kier molecular flexibility index (Phi) is 3.95. The van der Waals surface area contributed by atoms with E-state index < -0.39 is 9.84 Å². The molecule has 1 N–H and O–H groups in total. The lowest BCUT2D eigenvalue weighted by atomic mass is 10.1. The monoisotopic (exact) mass is 350 g/mol. The smallest absolute Gasteiger partial charge is 0.216 e. The lowest BCUT2D eigenvalue weighted by Gasteiger charge is -2.09. The van der Waals surface area contributed by atoms with Crippen molar-refractivity contribution < 1.29 is 13.5 Å². The molecule has 0 aliphatic heterocycles. The first kappa shape index (κ1) is 15.1. The molecule has 0 saturated carbocycles. The first-order chi connectivity index (χ1) is 10.5. The molecule has 3 aromatic rings. The highest BCUT2D eigenvalue weighted by Crippen LogP contribution is 2.35. The van der Waals surface area contributed by atoms with Gasteiger partial charge in [0.15, 0.2) is 0 Å². The van der Waals surface area contributed by atoms with Crippen molar-refractivity contribution in [3.05, 3.63) is 65.0 Å². The van der Waals surface area contributed by atoms with Crippen LogP contribution in [0.2, 0.25) is 4.34 Å². The first-order valence-corrected chi connectivity index (χ1v) is 9.05. The zero-order valence-corrected chi connectivity index (χ0v) is 13.6. The molecule has 0 aliphatic carbocycles. The highest BCUT2D eigenvalue weighted by atomic mass is 35.5. The number of phenols is 1. The Morgan fingerprint density at radius 3 is 2.23 bits per heavy atom. The van der Waals surface area contributed by atoms with Gasteiger partial charge in [0.2, 0.25) is 9.84 Å². The van der Waals surface area contributed by atoms with Crippen molar-refractivity contribution in [3.8, 4) is 16.9 Å². The van der Waals surface area contributed by atoms with Gasteiger partial charge in [-0.3, -0.25) is 0 Å². The second kappa shape index (κ2) is 5.76. The minimum Gasteiger partial charge on any atom is -0.508 e. The lowest BCUT2D eigenvalue weighted by Crippen LogP contribution is -2.01. The van der Waals surface area contributed by atoms with Gasteiger partial charge in [0.1, 0.15) is 9.96 Å². The topological polar surface area (TPSA) is 54.4 Å². The van der Waals surface area contributed by atoms with Crippen LogP contribution in [0.5, 0.6) is 5.75 Å². The average molecular weight is 351 g/mol. The van der Waals surface area contributed by atoms with E-state index in [-0.39, 0.29) is 14.9 Å². The van der Waals surface area contributed by atoms with E-state index in [0.29, 0.717) is 9.90 Å². The van der Waals surface area contributed by atoms with Crippen LogP contribution in [0.15, 0.2) is 69.8 Å². The fourth-order valence-electron chi connectivity index (χ4n) is 2.13. The summed E-state index contributed by atoms with van der Waals surface area (Å²) in [6.45, 7) is 0. The largest absolute Gasteiger partial charge is 0.508 e. The second-order valence-corrected chi connectivity index (χ2v) is 8.47. The van der Waals surface area contributed by atoms with E-state index in [4.69, 9.17) is 11.6 Å². The molecule has 0 bridgehead atoms. The molecule has 0 saturated heterocycles. The molecule has 0 amide bonds. The maximum atomic E-state index is 12.8. The molecule has 3 nitrogen and oxygen atoms in total. The van der Waals surface area contributed by atoms with Gasteiger partial charge in [-0.25, -0.2) is 8.42 Å². The number of halogens is 1. The van der Waals surface area contributed by atoms with E-state index >= 15 is 0 Å². The van der Waals surface area contributed by atoms with Crippen molar-refractivity contribution in [1.29, 1.82) is 0 Å². The molecule has 0 atom stereocenters. The summed E-state index contributed by atoms with van der Waals surface area (Å²) in [4.78, 5) is 0.221. The van der Waals surface area contributed by atoms with E-state index in [2.05, 4.69) is 0 Å². The third-order valence-electron chi connectivity index (χ3n) is 3.17. The predicted molar refractivity (Wildman–Crippen MR) is 88.3 cm³/mol. The number of sulfone groups is 1. The van der Waals surface area contributed by atoms with E-state index in [0.717, 1.165) is 16.9 Å². The number of thiophene rings is 1. The summed E-state index contributed by atoms with van der Waals surface area (Å²) in [5, 5.41) is 9.38. The van der Waals surface area contributed by atoms with Gasteiger partial charge >= 0.3 is 0 Å². The summed E-state index contributed by atoms with van der Waals surface area (Å²) < 4.78 is 26.3. The van der Waals surface area contributed by atoms with Crippen molar-refractivity contribution in [2.45, 2.75) is 9.10 Å². The van der Waals surface area contributed by atoms with Gasteiger partial charge in [0, 0.05) is 5.56 Å². The van der Waals surface area contributed by atoms with Crippen LogP contribution in [-0.4, -0.2) is 13.5 Å². The molecule has 1 heterocycles. The molecule has 1 aromatic heterocycles. The second-order valence-electron chi connectivity index (χ2n) is 4.61. The Morgan fingerprint density at radius 1 is 0.909 bits per heavy atom. The quantitative estimate of drug-likeness (QED) is 0.750. The van der Waals surface area contributed by atoms with Crippen LogP contribution in [0.3, 0.4) is 0 Å². The molecule has 22 heavy (non-hydrogen) atoms. The Labute approximate surface area is 137 Å². The third kappa shape index (κ3) is 2.75. The molecular formula is C16H11ClO3S2. The number of hydrogen-bond donors (Lipinski definition) is 1. The SMILES string of the molecule is O=S(=O)(c1ccc(Cl)s1)c1ccccc1-c1ccc(O)cc1. The van der Waals surface area contributed by atoms with Gasteiger partial charge in [-0.15, -0.1) is 11.3 Å². The predicted octanol–water partition coefficient (Wildman–Crippen LogP) is 4.61. The van der Waals surface area contributed by atoms with Gasteiger partial charge in [-0.1, -0.05) is 41.9 Å². The minimum absolute atomic E-state index is 0.133. The first-order valence-electron chi connectivity index (χ1n) is 6.37. The van der Waals surface area contributed by atoms with Crippen LogP contribution >= 0.6 is 22.9 Å². The van der Waals surface area contributed by atoms with E-state index in [1.165, 1.54) is 18.2 Å². The van der Waals surface area contributed by atoms with Crippen molar-refractivity contribution in [3.63, 3.8) is 0 Å². The number of aromatic hydroxyl groups is 1. The van der Waals surface area contributed by atoms with Crippen LogP contribution in [0.4, 0.5) is 0 Å². The summed E-state index contributed by atoms with van der Waals surface area (Å²) >= 11 is 6.89. The Morgan fingerprint density at radius 2 is 1.59 bits per heavy atom. The fraction of sp³-hybridized carbons (Fsp3) is 0. The molecule has 3 rings (SSSR count). The Bertz CT molecular complexity index is 913. The van der Waals surface area contributed by atoms with Crippen LogP contribution in [-0.2, 0) is 9.84 Å². The zero-order chi connectivity index (χ0) is 15.7. The van der Waals surface area contributed by atoms with Gasteiger partial charge in [0.05, 0.1) is 9.23 Å². The summed E-state index contributed by atoms with van der Waals surface area (Å²) in [5.41, 5.74) is 1.31. The van der Waals surface area contributed by atoms with E-state index in [1.54, 1.807) is 42.5 Å². The standard InChI is InChI=1S/C16H11ClO3S2/c17-15-9-10-16(21-15)22(19,20)14-4-2-1-3-13(14)11-5-7-12(18)8-6-11/h1-10,18H. The minimum atomic E-state index is -3.64. The molecule has 0 spiro atoms. The van der Waals surface area contributed by atoms with Crippen LogP contribution < -0.4 is 0 Å². The van der Waals surface area contributed by atoms with Crippen molar-refractivity contribution in [1.82, 2.24) is 0 Å². The number of phenolic OH excluding ortho intramolecular Hbond substituents is 1. The molecule has 2 aromatic carbocycles. The average Bonchev–Trinajstić information content (AvgIpc) is 2.95. The van der Waals surface area contributed by atoms with Crippen molar-refractivity contribution in [2.75, 3.05) is 0 Å². The zero-order valence-electron chi connectivity index (χ0n) is 11.2. The van der Waals surface area contributed by atoms with Crippen LogP contribution in [0, 0.1) is 0 Å². The third-order valence-corrected chi connectivity index (χ3v) is 6.70. The highest BCUT2D eigenvalue weighted by Gasteiger charge is 2.23. The molecule has 6 heteroatoms. The van der Waals surface area contributed by atoms with Gasteiger partial charge in [-0.2, -0.15) is 0 Å². The molecule has 0 fully saturated rings. The highest BCUT2D eigenvalue weighted by molar-refractivity contribution is 7.93. The van der Waals surface area contributed by atoms with Gasteiger partial charge in [-0.05, 0) is 35.9 Å². The lowest BCUT2D eigenvalue weighted by molar-refractivity contribution is 0.475.